The van der Waals surface area contributed by atoms with E-state index in [0.29, 0.717) is 25.0 Å². The number of nitrogens with two attached hydrogens (primary N) is 1. The van der Waals surface area contributed by atoms with Gasteiger partial charge in [-0.15, -0.1) is 12.4 Å². The Morgan fingerprint density at radius 3 is 2.50 bits per heavy atom. The first kappa shape index (κ1) is 17.9. The summed E-state index contributed by atoms with van der Waals surface area (Å²) in [5, 5.41) is 0. The van der Waals surface area contributed by atoms with Crippen LogP contribution in [0.4, 0.5) is 5.69 Å². The number of aliphatic imine (C=N–C) groups is 2. The number of para-hydroxylation sites is 1. The highest BCUT2D eigenvalue weighted by Gasteiger charge is 2.15. The number of pyridine rings is 1. The zero-order chi connectivity index (χ0) is 15.9. The molecule has 2 heterocycles. The average Bonchev–Trinajstić information content (AvgIpc) is 2.63. The maximum absolute atomic E-state index is 6.13. The molecule has 1 aliphatic rings. The second-order valence-corrected chi connectivity index (χ2v) is 5.09. The molecular weight excluding hydrogens is 326 g/mol. The summed E-state index contributed by atoms with van der Waals surface area (Å²) >= 11 is 0. The molecule has 0 aliphatic carbocycles. The molecule has 0 saturated carbocycles. The second kappa shape index (κ2) is 9.00. The van der Waals surface area contributed by atoms with E-state index in [2.05, 4.69) is 19.9 Å². The van der Waals surface area contributed by atoms with E-state index >= 15 is 0 Å². The fourth-order valence-corrected chi connectivity index (χ4v) is 2.23. The Bertz CT molecular complexity index is 685. The normalized spacial score (nSPS) is 15.8. The standard InChI is InChI=1S/C17H19N5O.ClH/c18-16(14-5-4-8-19-13-14)21-17(22-9-11-23-12-10-22)20-15-6-2-1-3-7-15;/h1-8,13H,9-12H2,(H2,18,20,21);1H. The highest BCUT2D eigenvalue weighted by molar-refractivity contribution is 6.05. The second-order valence-electron chi connectivity index (χ2n) is 5.09. The molecule has 1 saturated heterocycles. The quantitative estimate of drug-likeness (QED) is 0.669. The number of hydrogen-bond acceptors (Lipinski definition) is 3. The van der Waals surface area contributed by atoms with Gasteiger partial charge in [0.25, 0.3) is 0 Å². The average molecular weight is 346 g/mol. The van der Waals surface area contributed by atoms with E-state index in [1.807, 2.05) is 42.5 Å². The lowest BCUT2D eigenvalue weighted by Crippen LogP contribution is -2.40. The van der Waals surface area contributed by atoms with Crippen LogP contribution >= 0.6 is 12.4 Å². The van der Waals surface area contributed by atoms with Crippen molar-refractivity contribution in [2.45, 2.75) is 0 Å². The minimum absolute atomic E-state index is 0. The first-order valence-electron chi connectivity index (χ1n) is 7.54. The molecule has 0 radical (unpaired) electrons. The van der Waals surface area contributed by atoms with Gasteiger partial charge in [0.15, 0.2) is 0 Å². The van der Waals surface area contributed by atoms with Crippen LogP contribution in [-0.2, 0) is 4.74 Å². The molecule has 0 spiro atoms. The molecule has 1 aromatic heterocycles. The van der Waals surface area contributed by atoms with Crippen LogP contribution in [0.3, 0.4) is 0 Å². The van der Waals surface area contributed by atoms with Crippen molar-refractivity contribution < 1.29 is 4.74 Å². The predicted molar refractivity (Wildman–Crippen MR) is 98.1 cm³/mol. The predicted octanol–water partition coefficient (Wildman–Crippen LogP) is 2.23. The highest BCUT2D eigenvalue weighted by atomic mass is 35.5. The maximum Gasteiger partial charge on any atom is 0.228 e. The van der Waals surface area contributed by atoms with Crippen LogP contribution in [0.1, 0.15) is 5.56 Å². The van der Waals surface area contributed by atoms with Gasteiger partial charge in [-0.3, -0.25) is 4.98 Å². The topological polar surface area (TPSA) is 76.1 Å². The Kier molecular flexibility index (Phi) is 6.72. The molecule has 1 aliphatic heterocycles. The summed E-state index contributed by atoms with van der Waals surface area (Å²) in [6.45, 7) is 2.82. The first-order chi connectivity index (χ1) is 11.3. The Morgan fingerprint density at radius 1 is 1.08 bits per heavy atom. The Hall–Kier alpha value is -2.44. The molecule has 0 bridgehead atoms. The molecule has 1 aromatic carbocycles. The van der Waals surface area contributed by atoms with Crippen LogP contribution in [0.25, 0.3) is 0 Å². The number of ether oxygens (including phenoxy) is 1. The molecule has 0 atom stereocenters. The minimum Gasteiger partial charge on any atom is -0.383 e. The third kappa shape index (κ3) is 4.78. The molecule has 7 heteroatoms. The van der Waals surface area contributed by atoms with E-state index in [9.17, 15) is 0 Å². The van der Waals surface area contributed by atoms with Crippen molar-refractivity contribution in [2.75, 3.05) is 26.3 Å². The molecule has 1 fully saturated rings. The van der Waals surface area contributed by atoms with Gasteiger partial charge in [0.05, 0.1) is 18.9 Å². The van der Waals surface area contributed by atoms with Crippen molar-refractivity contribution in [1.29, 1.82) is 0 Å². The first-order valence-corrected chi connectivity index (χ1v) is 7.54. The number of aromatic nitrogens is 1. The largest absolute Gasteiger partial charge is 0.383 e. The molecule has 0 unspecified atom stereocenters. The Balaban J connectivity index is 0.00000208. The summed E-state index contributed by atoms with van der Waals surface area (Å²) in [4.78, 5) is 15.3. The van der Waals surface area contributed by atoms with Crippen molar-refractivity contribution in [3.05, 3.63) is 60.4 Å². The van der Waals surface area contributed by atoms with Crippen LogP contribution in [0.15, 0.2) is 64.8 Å². The molecule has 126 valence electrons. The minimum atomic E-state index is 0. The number of amidine groups is 1. The van der Waals surface area contributed by atoms with Gasteiger partial charge in [0, 0.05) is 31.0 Å². The number of guanidine groups is 1. The molecule has 2 N–H and O–H groups in total. The number of halogens is 1. The maximum atomic E-state index is 6.13. The van der Waals surface area contributed by atoms with Crippen molar-refractivity contribution >= 4 is 29.9 Å². The smallest absolute Gasteiger partial charge is 0.228 e. The van der Waals surface area contributed by atoms with E-state index in [4.69, 9.17) is 10.5 Å². The van der Waals surface area contributed by atoms with Gasteiger partial charge in [-0.25, -0.2) is 4.99 Å². The van der Waals surface area contributed by atoms with Gasteiger partial charge in [0.2, 0.25) is 5.96 Å². The van der Waals surface area contributed by atoms with Crippen molar-refractivity contribution in [3.63, 3.8) is 0 Å². The number of rotatable bonds is 2. The summed E-state index contributed by atoms with van der Waals surface area (Å²) in [6.07, 6.45) is 3.40. The summed E-state index contributed by atoms with van der Waals surface area (Å²) in [5.41, 5.74) is 7.75. The molecule has 2 aromatic rings. The lowest BCUT2D eigenvalue weighted by molar-refractivity contribution is 0.0676. The molecule has 6 nitrogen and oxygen atoms in total. The zero-order valence-electron chi connectivity index (χ0n) is 13.2. The number of hydrogen-bond donors (Lipinski definition) is 1. The van der Waals surface area contributed by atoms with E-state index < -0.39 is 0 Å². The third-order valence-electron chi connectivity index (χ3n) is 3.46. The van der Waals surface area contributed by atoms with Crippen molar-refractivity contribution in [2.24, 2.45) is 15.7 Å². The van der Waals surface area contributed by atoms with Crippen LogP contribution in [-0.4, -0.2) is 48.0 Å². The molecule has 3 rings (SSSR count). The van der Waals surface area contributed by atoms with E-state index in [0.717, 1.165) is 24.3 Å². The Morgan fingerprint density at radius 2 is 1.83 bits per heavy atom. The van der Waals surface area contributed by atoms with Crippen molar-refractivity contribution in [1.82, 2.24) is 9.88 Å². The van der Waals surface area contributed by atoms with E-state index in [-0.39, 0.29) is 12.4 Å². The molecule has 0 amide bonds. The molecular formula is C17H20ClN5O. The van der Waals surface area contributed by atoms with Gasteiger partial charge < -0.3 is 15.4 Å². The zero-order valence-corrected chi connectivity index (χ0v) is 14.0. The monoisotopic (exact) mass is 345 g/mol. The number of benzene rings is 1. The third-order valence-corrected chi connectivity index (χ3v) is 3.46. The fourth-order valence-electron chi connectivity index (χ4n) is 2.23. The SMILES string of the molecule is Cl.N/C(=N/C(=Nc1ccccc1)N1CCOCC1)c1cccnc1. The van der Waals surface area contributed by atoms with E-state index in [1.54, 1.807) is 12.4 Å². The van der Waals surface area contributed by atoms with Gasteiger partial charge in [-0.1, -0.05) is 18.2 Å². The number of nitrogens with zero attached hydrogens (tertiary/aromatic N) is 4. The van der Waals surface area contributed by atoms with Gasteiger partial charge in [-0.05, 0) is 24.3 Å². The lowest BCUT2D eigenvalue weighted by atomic mass is 10.3. The summed E-state index contributed by atoms with van der Waals surface area (Å²) in [6, 6.07) is 13.5. The summed E-state index contributed by atoms with van der Waals surface area (Å²) < 4.78 is 5.40. The molecule has 24 heavy (non-hydrogen) atoms. The summed E-state index contributed by atoms with van der Waals surface area (Å²) in [5.74, 6) is 1.00. The number of morpholine rings is 1. The van der Waals surface area contributed by atoms with Gasteiger partial charge in [-0.2, -0.15) is 4.99 Å². The van der Waals surface area contributed by atoms with Crippen molar-refractivity contribution in [3.8, 4) is 0 Å². The van der Waals surface area contributed by atoms with E-state index in [1.165, 1.54) is 0 Å². The lowest BCUT2D eigenvalue weighted by Gasteiger charge is -2.27. The van der Waals surface area contributed by atoms with Crippen LogP contribution in [0, 0.1) is 0 Å². The van der Waals surface area contributed by atoms with Gasteiger partial charge in [0.1, 0.15) is 5.84 Å². The van der Waals surface area contributed by atoms with Crippen LogP contribution in [0.2, 0.25) is 0 Å². The van der Waals surface area contributed by atoms with Gasteiger partial charge >= 0.3 is 0 Å². The fraction of sp³-hybridized carbons (Fsp3) is 0.235. The highest BCUT2D eigenvalue weighted by Crippen LogP contribution is 2.13. The Labute approximate surface area is 147 Å². The summed E-state index contributed by atoms with van der Waals surface area (Å²) in [7, 11) is 0. The van der Waals surface area contributed by atoms with Crippen LogP contribution < -0.4 is 5.73 Å². The van der Waals surface area contributed by atoms with Crippen LogP contribution in [0.5, 0.6) is 0 Å².